The number of benzene rings is 3. The fourth-order valence-corrected chi connectivity index (χ4v) is 5.21. The number of amides is 1. The zero-order valence-electron chi connectivity index (χ0n) is 19.1. The van der Waals surface area contributed by atoms with Crippen molar-refractivity contribution in [2.24, 2.45) is 0 Å². The predicted molar refractivity (Wildman–Crippen MR) is 131 cm³/mol. The van der Waals surface area contributed by atoms with Crippen LogP contribution in [0.15, 0.2) is 83.8 Å². The summed E-state index contributed by atoms with van der Waals surface area (Å²) < 4.78 is 37.6. The molecule has 8 nitrogen and oxygen atoms in total. The third-order valence-electron chi connectivity index (χ3n) is 5.52. The molecule has 182 valence electrons. The van der Waals surface area contributed by atoms with E-state index >= 15 is 0 Å². The molecule has 35 heavy (non-hydrogen) atoms. The van der Waals surface area contributed by atoms with Crippen molar-refractivity contribution < 1.29 is 27.5 Å². The van der Waals surface area contributed by atoms with Crippen LogP contribution in [0.4, 0.5) is 5.69 Å². The van der Waals surface area contributed by atoms with Gasteiger partial charge in [0.15, 0.2) is 6.61 Å². The number of carbonyl (C=O) groups excluding carboxylic acids is 2. The number of esters is 1. The smallest absolute Gasteiger partial charge is 0.342 e. The van der Waals surface area contributed by atoms with Crippen molar-refractivity contribution in [1.82, 2.24) is 4.31 Å². The van der Waals surface area contributed by atoms with Gasteiger partial charge in [-0.05, 0) is 54.8 Å². The second-order valence-corrected chi connectivity index (χ2v) is 9.97. The molecule has 1 fully saturated rings. The molecule has 9 heteroatoms. The Balaban J connectivity index is 1.31. The average molecular weight is 495 g/mol. The minimum Gasteiger partial charge on any atom is -0.488 e. The van der Waals surface area contributed by atoms with Gasteiger partial charge < -0.3 is 14.8 Å². The summed E-state index contributed by atoms with van der Waals surface area (Å²) in [5.74, 6) is -0.872. The quantitative estimate of drug-likeness (QED) is 0.454. The van der Waals surface area contributed by atoms with Crippen LogP contribution in [-0.4, -0.2) is 44.3 Å². The van der Waals surface area contributed by atoms with Crippen LogP contribution in [0, 0.1) is 0 Å². The zero-order chi connectivity index (χ0) is 24.7. The Bertz CT molecular complexity index is 1270. The van der Waals surface area contributed by atoms with Gasteiger partial charge in [0.05, 0.1) is 4.90 Å². The van der Waals surface area contributed by atoms with Gasteiger partial charge in [0, 0.05) is 18.8 Å². The lowest BCUT2D eigenvalue weighted by atomic mass is 10.2. The lowest BCUT2D eigenvalue weighted by molar-refractivity contribution is -0.119. The summed E-state index contributed by atoms with van der Waals surface area (Å²) >= 11 is 0. The van der Waals surface area contributed by atoms with E-state index in [1.54, 1.807) is 24.3 Å². The fourth-order valence-electron chi connectivity index (χ4n) is 3.69. The number of ether oxygens (including phenoxy) is 2. The first-order valence-electron chi connectivity index (χ1n) is 11.3. The highest BCUT2D eigenvalue weighted by atomic mass is 32.2. The maximum Gasteiger partial charge on any atom is 0.342 e. The summed E-state index contributed by atoms with van der Waals surface area (Å²) in [7, 11) is -3.52. The summed E-state index contributed by atoms with van der Waals surface area (Å²) in [5, 5.41) is 2.60. The van der Waals surface area contributed by atoms with Crippen LogP contribution in [0.2, 0.25) is 0 Å². The molecule has 1 aliphatic rings. The van der Waals surface area contributed by atoms with E-state index in [0.29, 0.717) is 24.5 Å². The normalized spacial score (nSPS) is 13.8. The molecule has 0 aromatic heterocycles. The summed E-state index contributed by atoms with van der Waals surface area (Å²) in [6.45, 7) is 0.827. The number of sulfonamides is 1. The van der Waals surface area contributed by atoms with Crippen LogP contribution in [0.25, 0.3) is 0 Å². The molecule has 0 spiro atoms. The lowest BCUT2D eigenvalue weighted by Gasteiger charge is -2.15. The molecule has 3 aromatic carbocycles. The molecule has 0 aliphatic carbocycles. The topological polar surface area (TPSA) is 102 Å². The molecule has 3 aromatic rings. The van der Waals surface area contributed by atoms with Gasteiger partial charge in [-0.25, -0.2) is 13.2 Å². The van der Waals surface area contributed by atoms with E-state index in [2.05, 4.69) is 5.32 Å². The Labute approximate surface area is 204 Å². The van der Waals surface area contributed by atoms with E-state index in [1.165, 1.54) is 28.6 Å². The molecule has 1 N–H and O–H groups in total. The van der Waals surface area contributed by atoms with E-state index in [-0.39, 0.29) is 17.1 Å². The molecule has 4 rings (SSSR count). The van der Waals surface area contributed by atoms with Crippen molar-refractivity contribution in [2.45, 2.75) is 24.3 Å². The first-order chi connectivity index (χ1) is 16.9. The van der Waals surface area contributed by atoms with Crippen LogP contribution in [-0.2, 0) is 26.2 Å². The van der Waals surface area contributed by atoms with Crippen LogP contribution in [0.1, 0.15) is 28.8 Å². The van der Waals surface area contributed by atoms with E-state index in [0.717, 1.165) is 18.4 Å². The molecule has 1 amide bonds. The van der Waals surface area contributed by atoms with Crippen molar-refractivity contribution >= 4 is 27.6 Å². The minimum atomic E-state index is -3.52. The molecular weight excluding hydrogens is 468 g/mol. The van der Waals surface area contributed by atoms with Gasteiger partial charge in [-0.3, -0.25) is 4.79 Å². The Hall–Kier alpha value is -3.69. The van der Waals surface area contributed by atoms with Crippen LogP contribution < -0.4 is 10.1 Å². The van der Waals surface area contributed by atoms with E-state index in [9.17, 15) is 18.0 Å². The molecule has 0 saturated carbocycles. The third kappa shape index (κ3) is 6.26. The maximum atomic E-state index is 12.6. The number of nitrogens with one attached hydrogen (secondary N) is 1. The SMILES string of the molecule is O=C(COC(=O)c1ccccc1OCc1ccccc1)Nc1ccc(S(=O)(=O)N2CCCC2)cc1. The minimum absolute atomic E-state index is 0.177. The number of carbonyl (C=O) groups is 2. The largest absolute Gasteiger partial charge is 0.488 e. The highest BCUT2D eigenvalue weighted by Crippen LogP contribution is 2.23. The van der Waals surface area contributed by atoms with Gasteiger partial charge >= 0.3 is 5.97 Å². The zero-order valence-corrected chi connectivity index (χ0v) is 19.9. The van der Waals surface area contributed by atoms with Crippen molar-refractivity contribution in [3.8, 4) is 5.75 Å². The van der Waals surface area contributed by atoms with Crippen molar-refractivity contribution in [3.05, 3.63) is 90.0 Å². The highest BCUT2D eigenvalue weighted by molar-refractivity contribution is 7.89. The molecule has 1 aliphatic heterocycles. The Kier molecular flexibility index (Phi) is 7.79. The average Bonchev–Trinajstić information content (AvgIpc) is 3.43. The fraction of sp³-hybridized carbons (Fsp3) is 0.231. The second-order valence-electron chi connectivity index (χ2n) is 8.03. The van der Waals surface area contributed by atoms with Gasteiger partial charge in [0.2, 0.25) is 10.0 Å². The van der Waals surface area contributed by atoms with Crippen molar-refractivity contribution in [3.63, 3.8) is 0 Å². The van der Waals surface area contributed by atoms with Crippen molar-refractivity contribution in [2.75, 3.05) is 25.0 Å². The van der Waals surface area contributed by atoms with E-state index in [4.69, 9.17) is 9.47 Å². The highest BCUT2D eigenvalue weighted by Gasteiger charge is 2.27. The van der Waals surface area contributed by atoms with Gasteiger partial charge in [0.25, 0.3) is 5.91 Å². The standard InChI is InChI=1S/C26H26N2O6S/c29-25(27-21-12-14-22(15-13-21)35(31,32)28-16-6-7-17-28)19-34-26(30)23-10-4-5-11-24(23)33-18-20-8-2-1-3-9-20/h1-5,8-15H,6-7,16-19H2,(H,27,29). The molecule has 1 heterocycles. The van der Waals surface area contributed by atoms with Crippen LogP contribution in [0.3, 0.4) is 0 Å². The number of rotatable bonds is 9. The number of anilines is 1. The van der Waals surface area contributed by atoms with Gasteiger partial charge in [0.1, 0.15) is 17.9 Å². The number of para-hydroxylation sites is 1. The summed E-state index contributed by atoms with van der Waals surface area (Å²) in [4.78, 5) is 25.0. The van der Waals surface area contributed by atoms with E-state index in [1.807, 2.05) is 30.3 Å². The van der Waals surface area contributed by atoms with Crippen LogP contribution >= 0.6 is 0 Å². The molecule has 0 bridgehead atoms. The van der Waals surface area contributed by atoms with Crippen LogP contribution in [0.5, 0.6) is 5.75 Å². The summed E-state index contributed by atoms with van der Waals surface area (Å²) in [6.07, 6.45) is 1.71. The van der Waals surface area contributed by atoms with Crippen molar-refractivity contribution in [1.29, 1.82) is 0 Å². The Morgan fingerprint density at radius 2 is 1.51 bits per heavy atom. The number of hydrogen-bond donors (Lipinski definition) is 1. The third-order valence-corrected chi connectivity index (χ3v) is 7.43. The molecule has 1 saturated heterocycles. The lowest BCUT2D eigenvalue weighted by Crippen LogP contribution is -2.27. The number of hydrogen-bond acceptors (Lipinski definition) is 6. The maximum absolute atomic E-state index is 12.6. The first kappa shape index (κ1) is 24.4. The van der Waals surface area contributed by atoms with Gasteiger partial charge in [-0.1, -0.05) is 42.5 Å². The van der Waals surface area contributed by atoms with Gasteiger partial charge in [-0.2, -0.15) is 4.31 Å². The number of nitrogens with zero attached hydrogens (tertiary/aromatic N) is 1. The predicted octanol–water partition coefficient (Wildman–Crippen LogP) is 3.85. The molecule has 0 unspecified atom stereocenters. The monoisotopic (exact) mass is 494 g/mol. The Morgan fingerprint density at radius 1 is 0.857 bits per heavy atom. The molecular formula is C26H26N2O6S. The van der Waals surface area contributed by atoms with E-state index < -0.39 is 28.5 Å². The second kappa shape index (κ2) is 11.2. The Morgan fingerprint density at radius 3 is 2.23 bits per heavy atom. The van der Waals surface area contributed by atoms with Gasteiger partial charge in [-0.15, -0.1) is 0 Å². The summed E-state index contributed by atoms with van der Waals surface area (Å²) in [6, 6.07) is 22.1. The molecule has 0 atom stereocenters. The first-order valence-corrected chi connectivity index (χ1v) is 12.7. The summed E-state index contributed by atoms with van der Waals surface area (Å²) in [5.41, 5.74) is 1.57. The molecule has 0 radical (unpaired) electrons.